The van der Waals surface area contributed by atoms with E-state index < -0.39 is 11.8 Å². The number of hydrogen-bond acceptors (Lipinski definition) is 8. The number of rotatable bonds is 7. The van der Waals surface area contributed by atoms with Crippen molar-refractivity contribution in [1.82, 2.24) is 19.8 Å². The summed E-state index contributed by atoms with van der Waals surface area (Å²) >= 11 is 6.70. The highest BCUT2D eigenvalue weighted by Crippen LogP contribution is 2.37. The molecule has 1 aromatic heterocycles. The van der Waals surface area contributed by atoms with Crippen LogP contribution in [0, 0.1) is 5.82 Å². The number of hydrogen-bond donors (Lipinski definition) is 1. The van der Waals surface area contributed by atoms with Gasteiger partial charge in [-0.05, 0) is 43.8 Å². The summed E-state index contributed by atoms with van der Waals surface area (Å²) < 4.78 is 20.4. The molecule has 3 aliphatic rings. The fourth-order valence-corrected chi connectivity index (χ4v) is 6.30. The van der Waals surface area contributed by atoms with Crippen LogP contribution in [-0.4, -0.2) is 91.2 Å². The molecule has 0 unspecified atom stereocenters. The van der Waals surface area contributed by atoms with Crippen molar-refractivity contribution < 1.29 is 18.7 Å². The highest BCUT2D eigenvalue weighted by Gasteiger charge is 2.41. The average Bonchev–Trinajstić information content (AvgIpc) is 3.51. The van der Waals surface area contributed by atoms with Gasteiger partial charge in [-0.3, -0.25) is 14.6 Å². The van der Waals surface area contributed by atoms with E-state index in [4.69, 9.17) is 21.3 Å². The number of carbonyl (C=O) groups excluding carboxylic acids is 2. The molecule has 0 aliphatic carbocycles. The highest BCUT2D eigenvalue weighted by molar-refractivity contribution is 6.33. The van der Waals surface area contributed by atoms with Crippen LogP contribution in [0.4, 0.5) is 38.0 Å². The quantitative estimate of drug-likeness (QED) is 0.404. The van der Waals surface area contributed by atoms with Gasteiger partial charge in [0.25, 0.3) is 0 Å². The summed E-state index contributed by atoms with van der Waals surface area (Å²) in [7, 11) is 3.60. The monoisotopic (exact) mass is 622 g/mol. The number of nitrogens with one attached hydrogen (secondary N) is 1. The molecule has 3 aromatic rings. The number of piperazine rings is 1. The van der Waals surface area contributed by atoms with Gasteiger partial charge in [0.05, 0.1) is 36.1 Å². The fraction of sp³-hybridized carbons (Fsp3) is 0.419. The van der Waals surface area contributed by atoms with Crippen LogP contribution in [0.2, 0.25) is 5.02 Å². The summed E-state index contributed by atoms with van der Waals surface area (Å²) in [5.41, 5.74) is 2.44. The number of aromatic nitrogens is 2. The van der Waals surface area contributed by atoms with Crippen molar-refractivity contribution in [2.24, 2.45) is 0 Å². The normalized spacial score (nSPS) is 18.9. The molecule has 44 heavy (non-hydrogen) atoms. The van der Waals surface area contributed by atoms with Gasteiger partial charge >= 0.3 is 6.03 Å². The second-order valence-electron chi connectivity index (χ2n) is 11.3. The zero-order valence-electron chi connectivity index (χ0n) is 25.1. The van der Waals surface area contributed by atoms with Crippen LogP contribution < -0.4 is 24.8 Å². The molecule has 2 aromatic carbocycles. The Hall–Kier alpha value is -4.16. The number of anilines is 5. The number of carbonyl (C=O) groups is 2. The minimum atomic E-state index is -0.548. The van der Waals surface area contributed by atoms with Crippen molar-refractivity contribution in [3.05, 3.63) is 59.0 Å². The summed E-state index contributed by atoms with van der Waals surface area (Å²) in [5, 5.41) is 3.86. The lowest BCUT2D eigenvalue weighted by Crippen LogP contribution is -2.53. The zero-order valence-corrected chi connectivity index (χ0v) is 25.8. The van der Waals surface area contributed by atoms with Crippen LogP contribution in [0.15, 0.2) is 42.6 Å². The summed E-state index contributed by atoms with van der Waals surface area (Å²) in [6, 6.07) is 9.30. The van der Waals surface area contributed by atoms with Crippen molar-refractivity contribution in [3.8, 4) is 5.75 Å². The minimum Gasteiger partial charge on any atom is -0.497 e. The maximum absolute atomic E-state index is 15.1. The molecule has 0 bridgehead atoms. The Morgan fingerprint density at radius 2 is 1.91 bits per heavy atom. The first kappa shape index (κ1) is 29.9. The Morgan fingerprint density at radius 1 is 1.11 bits per heavy atom. The predicted molar refractivity (Wildman–Crippen MR) is 169 cm³/mol. The molecule has 0 saturated carbocycles. The summed E-state index contributed by atoms with van der Waals surface area (Å²) in [6.07, 6.45) is 2.60. The van der Waals surface area contributed by atoms with Gasteiger partial charge < -0.3 is 24.8 Å². The number of halogens is 2. The Labute approximate surface area is 261 Å². The third kappa shape index (κ3) is 5.83. The van der Waals surface area contributed by atoms with E-state index in [1.165, 1.54) is 30.2 Å². The third-order valence-electron chi connectivity index (χ3n) is 8.51. The van der Waals surface area contributed by atoms with E-state index in [0.717, 1.165) is 31.9 Å². The molecule has 0 spiro atoms. The SMILES string of the molecule is CCC(=O)N1CC[C@H](N2C(=O)N(c3cc(OC)ccc3F)Cc3cnc(Nc4ccc(N5CCN(C)CC5)c(Cl)c4)nc32)C1. The lowest BCUT2D eigenvalue weighted by atomic mass is 10.1. The number of nitrogens with zero attached hydrogens (tertiary/aromatic N) is 7. The van der Waals surface area contributed by atoms with Crippen LogP contribution in [0.1, 0.15) is 25.3 Å². The van der Waals surface area contributed by atoms with Gasteiger partial charge in [-0.2, -0.15) is 4.98 Å². The van der Waals surface area contributed by atoms with Gasteiger partial charge in [0.1, 0.15) is 17.4 Å². The number of methoxy groups -OCH3 is 1. The number of ether oxygens (including phenoxy) is 1. The second-order valence-corrected chi connectivity index (χ2v) is 11.7. The zero-order chi connectivity index (χ0) is 31.0. The van der Waals surface area contributed by atoms with Crippen LogP contribution in [-0.2, 0) is 11.3 Å². The van der Waals surface area contributed by atoms with E-state index in [0.29, 0.717) is 59.7 Å². The van der Waals surface area contributed by atoms with Crippen molar-refractivity contribution >= 4 is 52.4 Å². The third-order valence-corrected chi connectivity index (χ3v) is 8.81. The largest absolute Gasteiger partial charge is 0.497 e. The molecule has 13 heteroatoms. The molecule has 11 nitrogen and oxygen atoms in total. The molecule has 0 radical (unpaired) electrons. The number of likely N-dealkylation sites (N-methyl/N-ethyl adjacent to an activating group) is 1. The van der Waals surface area contributed by atoms with Crippen molar-refractivity contribution in [3.63, 3.8) is 0 Å². The first-order valence-corrected chi connectivity index (χ1v) is 15.2. The van der Waals surface area contributed by atoms with Gasteiger partial charge in [0, 0.05) is 69.2 Å². The number of benzene rings is 2. The van der Waals surface area contributed by atoms with Gasteiger partial charge in [-0.25, -0.2) is 14.2 Å². The first-order chi connectivity index (χ1) is 21.2. The molecule has 3 amide bonds. The average molecular weight is 623 g/mol. The van der Waals surface area contributed by atoms with Crippen molar-refractivity contribution in [2.45, 2.75) is 32.4 Å². The molecule has 1 N–H and O–H groups in total. The van der Waals surface area contributed by atoms with Crippen LogP contribution in [0.3, 0.4) is 0 Å². The van der Waals surface area contributed by atoms with Crippen LogP contribution in [0.25, 0.3) is 0 Å². The van der Waals surface area contributed by atoms with Crippen molar-refractivity contribution in [2.75, 3.05) is 73.4 Å². The lowest BCUT2D eigenvalue weighted by Gasteiger charge is -2.39. The first-order valence-electron chi connectivity index (χ1n) is 14.8. The Kier molecular flexibility index (Phi) is 8.46. The molecule has 2 saturated heterocycles. The van der Waals surface area contributed by atoms with Gasteiger partial charge in [-0.1, -0.05) is 18.5 Å². The smallest absolute Gasteiger partial charge is 0.330 e. The predicted octanol–water partition coefficient (Wildman–Crippen LogP) is 4.73. The molecule has 2 fully saturated rings. The van der Waals surface area contributed by atoms with Gasteiger partial charge in [0.2, 0.25) is 11.9 Å². The highest BCUT2D eigenvalue weighted by atomic mass is 35.5. The van der Waals surface area contributed by atoms with Crippen LogP contribution in [0.5, 0.6) is 5.75 Å². The Bertz CT molecular complexity index is 1570. The second kappa shape index (κ2) is 12.4. The number of likely N-dealkylation sites (tertiary alicyclic amines) is 1. The molecule has 4 heterocycles. The van der Waals surface area contributed by atoms with E-state index in [2.05, 4.69) is 27.1 Å². The van der Waals surface area contributed by atoms with E-state index in [9.17, 15) is 9.59 Å². The van der Waals surface area contributed by atoms with E-state index in [1.807, 2.05) is 25.1 Å². The minimum absolute atomic E-state index is 0.0230. The van der Waals surface area contributed by atoms with E-state index >= 15 is 4.39 Å². The number of fused-ring (bicyclic) bond motifs is 1. The molecular weight excluding hydrogens is 587 g/mol. The van der Waals surface area contributed by atoms with Crippen LogP contribution >= 0.6 is 11.6 Å². The van der Waals surface area contributed by atoms with Gasteiger partial charge in [-0.15, -0.1) is 0 Å². The molecule has 3 aliphatic heterocycles. The topological polar surface area (TPSA) is 97.4 Å². The van der Waals surface area contributed by atoms with Gasteiger partial charge in [0.15, 0.2) is 0 Å². The molecule has 232 valence electrons. The molecule has 1 atom stereocenters. The standard InChI is InChI=1S/C31H36ClFN8O3/c1-4-28(42)39-10-9-22(19-39)41-29-20(18-40(31(41)43)27-16-23(44-3)6-7-25(27)33)17-34-30(36-29)35-21-5-8-26(24(32)15-21)38-13-11-37(2)12-14-38/h5-8,15-17,22H,4,9-14,18-19H2,1-3H3,(H,34,35,36)/t22-/m0/s1. The number of amides is 3. The maximum atomic E-state index is 15.1. The molecular formula is C31H36ClFN8O3. The molecule has 6 rings (SSSR count). The summed E-state index contributed by atoms with van der Waals surface area (Å²) in [4.78, 5) is 45.2. The summed E-state index contributed by atoms with van der Waals surface area (Å²) in [5.74, 6) is 0.636. The Balaban J connectivity index is 1.31. The fourth-order valence-electron chi connectivity index (χ4n) is 6.00. The Morgan fingerprint density at radius 3 is 2.64 bits per heavy atom. The van der Waals surface area contributed by atoms with E-state index in [-0.39, 0.29) is 24.2 Å². The summed E-state index contributed by atoms with van der Waals surface area (Å²) in [6.45, 7) is 6.54. The van der Waals surface area contributed by atoms with E-state index in [1.54, 1.807) is 16.0 Å². The maximum Gasteiger partial charge on any atom is 0.330 e. The number of urea groups is 1. The van der Waals surface area contributed by atoms with Crippen molar-refractivity contribution in [1.29, 1.82) is 0 Å². The lowest BCUT2D eigenvalue weighted by molar-refractivity contribution is -0.129.